The molecule has 1 amide bonds. The molecule has 1 fully saturated rings. The zero-order chi connectivity index (χ0) is 11.3. The van der Waals surface area contributed by atoms with Gasteiger partial charge >= 0.3 is 0 Å². The van der Waals surface area contributed by atoms with Crippen molar-refractivity contribution in [3.05, 3.63) is 0 Å². The highest BCUT2D eigenvalue weighted by atomic mass is 16.2. The van der Waals surface area contributed by atoms with Gasteiger partial charge in [-0.3, -0.25) is 4.79 Å². The summed E-state index contributed by atoms with van der Waals surface area (Å²) < 4.78 is 0. The molecule has 4 nitrogen and oxygen atoms in total. The van der Waals surface area contributed by atoms with E-state index in [4.69, 9.17) is 0 Å². The van der Waals surface area contributed by atoms with E-state index in [1.54, 1.807) is 0 Å². The van der Waals surface area contributed by atoms with E-state index in [9.17, 15) is 4.79 Å². The minimum absolute atomic E-state index is 0.0344. The van der Waals surface area contributed by atoms with Gasteiger partial charge in [-0.05, 0) is 5.92 Å². The Morgan fingerprint density at radius 3 is 2.80 bits per heavy atom. The van der Waals surface area contributed by atoms with E-state index < -0.39 is 0 Å². The lowest BCUT2D eigenvalue weighted by atomic mass is 10.1. The molecule has 1 heterocycles. The maximum atomic E-state index is 12.0. The third-order valence-electron chi connectivity index (χ3n) is 3.00. The molecule has 4 heteroatoms. The summed E-state index contributed by atoms with van der Waals surface area (Å²) in [7, 11) is 1.89. The van der Waals surface area contributed by atoms with Crippen LogP contribution in [0.15, 0.2) is 0 Å². The summed E-state index contributed by atoms with van der Waals surface area (Å²) in [5, 5.41) is 6.47. The molecule has 0 radical (unpaired) electrons. The van der Waals surface area contributed by atoms with Gasteiger partial charge in [0.05, 0.1) is 6.04 Å². The fourth-order valence-electron chi connectivity index (χ4n) is 1.78. The monoisotopic (exact) mass is 213 g/mol. The Balaban J connectivity index is 2.37. The lowest BCUT2D eigenvalue weighted by Gasteiger charge is -2.29. The molecule has 0 aromatic rings. The summed E-state index contributed by atoms with van der Waals surface area (Å²) in [4.78, 5) is 13.8. The first-order chi connectivity index (χ1) is 7.15. The molecule has 2 N–H and O–H groups in total. The van der Waals surface area contributed by atoms with Crippen molar-refractivity contribution in [3.8, 4) is 0 Å². The van der Waals surface area contributed by atoms with E-state index in [1.165, 1.54) is 0 Å². The van der Waals surface area contributed by atoms with Gasteiger partial charge in [0.25, 0.3) is 0 Å². The first-order valence-electron chi connectivity index (χ1n) is 5.84. The molecule has 0 saturated carbocycles. The molecule has 0 bridgehead atoms. The number of rotatable bonds is 4. The number of carbonyl (C=O) groups excluding carboxylic acids is 1. The van der Waals surface area contributed by atoms with Gasteiger partial charge in [-0.2, -0.15) is 0 Å². The minimum Gasteiger partial charge on any atom is -0.344 e. The van der Waals surface area contributed by atoms with Gasteiger partial charge in [-0.1, -0.05) is 20.3 Å². The van der Waals surface area contributed by atoms with Crippen LogP contribution in [0.4, 0.5) is 0 Å². The Labute approximate surface area is 92.4 Å². The molecule has 0 aliphatic carbocycles. The van der Waals surface area contributed by atoms with Gasteiger partial charge in [0.15, 0.2) is 0 Å². The molecule has 15 heavy (non-hydrogen) atoms. The van der Waals surface area contributed by atoms with Crippen LogP contribution in [0.2, 0.25) is 0 Å². The number of hydrogen-bond donors (Lipinski definition) is 2. The SMILES string of the molecule is CCC(C)CN(C)C(=O)C1CNCCN1. The van der Waals surface area contributed by atoms with Gasteiger partial charge < -0.3 is 15.5 Å². The average Bonchev–Trinajstić information content (AvgIpc) is 2.29. The van der Waals surface area contributed by atoms with E-state index in [2.05, 4.69) is 24.5 Å². The van der Waals surface area contributed by atoms with Gasteiger partial charge in [0, 0.05) is 33.2 Å². The first-order valence-corrected chi connectivity index (χ1v) is 5.84. The second-order valence-electron chi connectivity index (χ2n) is 4.44. The maximum absolute atomic E-state index is 12.0. The van der Waals surface area contributed by atoms with Crippen LogP contribution in [0.25, 0.3) is 0 Å². The molecule has 1 aliphatic heterocycles. The van der Waals surface area contributed by atoms with E-state index in [0.29, 0.717) is 5.92 Å². The summed E-state index contributed by atoms with van der Waals surface area (Å²) in [5.41, 5.74) is 0. The van der Waals surface area contributed by atoms with Gasteiger partial charge in [0.1, 0.15) is 0 Å². The van der Waals surface area contributed by atoms with Crippen LogP contribution in [-0.2, 0) is 4.79 Å². The topological polar surface area (TPSA) is 44.4 Å². The van der Waals surface area contributed by atoms with Crippen LogP contribution < -0.4 is 10.6 Å². The van der Waals surface area contributed by atoms with Crippen molar-refractivity contribution in [2.24, 2.45) is 5.92 Å². The van der Waals surface area contributed by atoms with Crippen LogP contribution in [-0.4, -0.2) is 50.1 Å². The number of hydrogen-bond acceptors (Lipinski definition) is 3. The standard InChI is InChI=1S/C11H23N3O/c1-4-9(2)8-14(3)11(15)10-7-12-5-6-13-10/h9-10,12-13H,4-8H2,1-3H3. The number of carbonyl (C=O) groups is 1. The number of piperazine rings is 1. The smallest absolute Gasteiger partial charge is 0.240 e. The molecule has 2 unspecified atom stereocenters. The summed E-state index contributed by atoms with van der Waals surface area (Å²) in [6.07, 6.45) is 1.12. The predicted octanol–water partition coefficient (Wildman–Crippen LogP) is 0.0523. The lowest BCUT2D eigenvalue weighted by Crippen LogP contribution is -2.56. The normalized spacial score (nSPS) is 23.5. The number of likely N-dealkylation sites (N-methyl/N-ethyl adjacent to an activating group) is 1. The molecule has 2 atom stereocenters. The van der Waals surface area contributed by atoms with E-state index >= 15 is 0 Å². The van der Waals surface area contributed by atoms with Crippen LogP contribution in [0, 0.1) is 5.92 Å². The molecule has 1 rings (SSSR count). The average molecular weight is 213 g/mol. The molecular weight excluding hydrogens is 190 g/mol. The summed E-state index contributed by atoms with van der Waals surface area (Å²) >= 11 is 0. The fourth-order valence-corrected chi connectivity index (χ4v) is 1.78. The zero-order valence-electron chi connectivity index (χ0n) is 10.0. The number of amides is 1. The van der Waals surface area contributed by atoms with E-state index in [0.717, 1.165) is 32.6 Å². The molecule has 0 aromatic carbocycles. The lowest BCUT2D eigenvalue weighted by molar-refractivity contribution is -0.132. The summed E-state index contributed by atoms with van der Waals surface area (Å²) in [6, 6.07) is -0.0344. The van der Waals surface area contributed by atoms with Crippen molar-refractivity contribution in [2.75, 3.05) is 33.2 Å². The van der Waals surface area contributed by atoms with E-state index in [1.807, 2.05) is 11.9 Å². The third kappa shape index (κ3) is 3.80. The minimum atomic E-state index is -0.0344. The molecular formula is C11H23N3O. The predicted molar refractivity (Wildman–Crippen MR) is 61.8 cm³/mol. The Kier molecular flexibility index (Phi) is 5.05. The highest BCUT2D eigenvalue weighted by Gasteiger charge is 2.23. The molecule has 88 valence electrons. The van der Waals surface area contributed by atoms with Crippen LogP contribution >= 0.6 is 0 Å². The Morgan fingerprint density at radius 2 is 2.27 bits per heavy atom. The summed E-state index contributed by atoms with van der Waals surface area (Å²) in [6.45, 7) is 7.78. The zero-order valence-corrected chi connectivity index (χ0v) is 10.0. The Bertz CT molecular complexity index is 202. The highest BCUT2D eigenvalue weighted by Crippen LogP contribution is 2.04. The summed E-state index contributed by atoms with van der Waals surface area (Å²) in [5.74, 6) is 0.790. The van der Waals surface area contributed by atoms with Gasteiger partial charge in [-0.25, -0.2) is 0 Å². The van der Waals surface area contributed by atoms with Crippen LogP contribution in [0.1, 0.15) is 20.3 Å². The Hall–Kier alpha value is -0.610. The molecule has 1 aliphatic rings. The third-order valence-corrected chi connectivity index (χ3v) is 3.00. The fraction of sp³-hybridized carbons (Fsp3) is 0.909. The highest BCUT2D eigenvalue weighted by molar-refractivity contribution is 5.82. The van der Waals surface area contributed by atoms with Crippen molar-refractivity contribution in [2.45, 2.75) is 26.3 Å². The van der Waals surface area contributed by atoms with Crippen LogP contribution in [0.3, 0.4) is 0 Å². The molecule has 1 saturated heterocycles. The second kappa shape index (κ2) is 6.08. The van der Waals surface area contributed by atoms with Crippen molar-refractivity contribution in [1.82, 2.24) is 15.5 Å². The van der Waals surface area contributed by atoms with Gasteiger partial charge in [-0.15, -0.1) is 0 Å². The largest absolute Gasteiger partial charge is 0.344 e. The van der Waals surface area contributed by atoms with Crippen molar-refractivity contribution in [1.29, 1.82) is 0 Å². The van der Waals surface area contributed by atoms with E-state index in [-0.39, 0.29) is 11.9 Å². The molecule has 0 aromatic heterocycles. The number of nitrogens with zero attached hydrogens (tertiary/aromatic N) is 1. The quantitative estimate of drug-likeness (QED) is 0.694. The Morgan fingerprint density at radius 1 is 1.53 bits per heavy atom. The number of nitrogens with one attached hydrogen (secondary N) is 2. The van der Waals surface area contributed by atoms with Crippen molar-refractivity contribution < 1.29 is 4.79 Å². The van der Waals surface area contributed by atoms with Gasteiger partial charge in [0.2, 0.25) is 5.91 Å². The van der Waals surface area contributed by atoms with Crippen molar-refractivity contribution >= 4 is 5.91 Å². The molecule has 0 spiro atoms. The maximum Gasteiger partial charge on any atom is 0.240 e. The second-order valence-corrected chi connectivity index (χ2v) is 4.44. The van der Waals surface area contributed by atoms with Crippen molar-refractivity contribution in [3.63, 3.8) is 0 Å². The van der Waals surface area contributed by atoms with Crippen LogP contribution in [0.5, 0.6) is 0 Å². The first kappa shape index (κ1) is 12.5.